The van der Waals surface area contributed by atoms with Gasteiger partial charge in [-0.3, -0.25) is 14.2 Å². The molecule has 0 saturated carbocycles. The maximum atomic E-state index is 13.2. The first-order chi connectivity index (χ1) is 14.4. The van der Waals surface area contributed by atoms with E-state index in [0.29, 0.717) is 20.8 Å². The Morgan fingerprint density at radius 1 is 1.20 bits per heavy atom. The molecule has 8 heteroatoms. The molecule has 2 aromatic carbocycles. The molecule has 4 rings (SSSR count). The van der Waals surface area contributed by atoms with Crippen LogP contribution in [0.2, 0.25) is 5.02 Å². The number of halogens is 1. The summed E-state index contributed by atoms with van der Waals surface area (Å²) in [6.07, 6.45) is 0.771. The number of rotatable bonds is 5. The monoisotopic (exact) mass is 457 g/mol. The van der Waals surface area contributed by atoms with Crippen LogP contribution in [0.3, 0.4) is 0 Å². The average Bonchev–Trinajstić information content (AvgIpc) is 3.16. The minimum absolute atomic E-state index is 0.0619. The quantitative estimate of drug-likeness (QED) is 0.437. The molecule has 0 fully saturated rings. The smallest absolute Gasteiger partial charge is 0.272 e. The number of hydrogen-bond acceptors (Lipinski definition) is 5. The first kappa shape index (κ1) is 21.0. The molecular weight excluding hydrogens is 438 g/mol. The van der Waals surface area contributed by atoms with E-state index in [0.717, 1.165) is 34.7 Å². The molecule has 0 unspecified atom stereocenters. The van der Waals surface area contributed by atoms with Crippen LogP contribution in [-0.2, 0) is 11.2 Å². The fourth-order valence-electron chi connectivity index (χ4n) is 3.36. The van der Waals surface area contributed by atoms with Gasteiger partial charge in [0.2, 0.25) is 5.91 Å². The number of nitrogens with one attached hydrogen (secondary N) is 1. The molecule has 30 heavy (non-hydrogen) atoms. The Morgan fingerprint density at radius 2 is 1.90 bits per heavy atom. The molecule has 154 valence electrons. The van der Waals surface area contributed by atoms with Crippen molar-refractivity contribution in [2.24, 2.45) is 0 Å². The predicted octanol–water partition coefficient (Wildman–Crippen LogP) is 4.88. The van der Waals surface area contributed by atoms with Crippen LogP contribution in [0.4, 0.5) is 5.69 Å². The lowest BCUT2D eigenvalue weighted by Gasteiger charge is -2.15. The molecule has 2 heterocycles. The summed E-state index contributed by atoms with van der Waals surface area (Å²) < 4.78 is 1.64. The Morgan fingerprint density at radius 3 is 2.60 bits per heavy atom. The molecule has 0 radical (unpaired) electrons. The van der Waals surface area contributed by atoms with Gasteiger partial charge in [-0.1, -0.05) is 29.4 Å². The number of thioether (sulfide) groups is 2. The van der Waals surface area contributed by atoms with Crippen LogP contribution in [-0.4, -0.2) is 27.0 Å². The Bertz CT molecular complexity index is 1160. The van der Waals surface area contributed by atoms with Crippen LogP contribution in [0.25, 0.3) is 5.69 Å². The molecule has 0 spiro atoms. The molecule has 0 atom stereocenters. The van der Waals surface area contributed by atoms with E-state index in [1.807, 2.05) is 26.0 Å². The summed E-state index contributed by atoms with van der Waals surface area (Å²) in [6.45, 7) is 4.01. The number of nitrogens with zero attached hydrogens (tertiary/aromatic N) is 2. The third-order valence-corrected chi connectivity index (χ3v) is 6.89. The summed E-state index contributed by atoms with van der Waals surface area (Å²) in [5.41, 5.74) is 4.36. The van der Waals surface area contributed by atoms with E-state index in [1.54, 1.807) is 40.6 Å². The second-order valence-electron chi connectivity index (χ2n) is 7.10. The summed E-state index contributed by atoms with van der Waals surface area (Å²) >= 11 is 8.71. The van der Waals surface area contributed by atoms with Crippen molar-refractivity contribution in [3.8, 4) is 5.69 Å². The van der Waals surface area contributed by atoms with Crippen molar-refractivity contribution in [3.63, 3.8) is 0 Å². The van der Waals surface area contributed by atoms with E-state index in [2.05, 4.69) is 11.4 Å². The van der Waals surface area contributed by atoms with E-state index < -0.39 is 0 Å². The topological polar surface area (TPSA) is 64.0 Å². The zero-order chi connectivity index (χ0) is 21.3. The molecule has 5 nitrogen and oxygen atoms in total. The highest BCUT2D eigenvalue weighted by molar-refractivity contribution is 8.00. The van der Waals surface area contributed by atoms with Crippen LogP contribution in [0.15, 0.2) is 57.3 Å². The molecular formula is C22H20ClN3O2S2. The van der Waals surface area contributed by atoms with Gasteiger partial charge in [0.25, 0.3) is 5.56 Å². The second-order valence-corrected chi connectivity index (χ2v) is 9.58. The number of carbonyl (C=O) groups is 1. The van der Waals surface area contributed by atoms with Crippen molar-refractivity contribution in [1.82, 2.24) is 9.55 Å². The van der Waals surface area contributed by atoms with Gasteiger partial charge in [-0.05, 0) is 61.4 Å². The maximum absolute atomic E-state index is 13.2. The van der Waals surface area contributed by atoms with Crippen LogP contribution in [0.5, 0.6) is 0 Å². The van der Waals surface area contributed by atoms with Crippen LogP contribution in [0.1, 0.15) is 16.8 Å². The number of aryl methyl sites for hydroxylation is 3. The molecule has 3 aromatic rings. The molecule has 0 saturated heterocycles. The molecule has 1 N–H and O–H groups in total. The minimum Gasteiger partial charge on any atom is -0.325 e. The van der Waals surface area contributed by atoms with E-state index in [-0.39, 0.29) is 17.2 Å². The standard InChI is InChI=1S/C22H20ClN3O2S2/c1-13-9-14(2)11-17(10-13)26-21(28)20-18(7-8-29-20)25-22(26)30-12-19(27)24-16-5-3-15(23)4-6-16/h3-6,9-11H,7-8,12H2,1-2H3,(H,24,27). The normalized spacial score (nSPS) is 12.6. The van der Waals surface area contributed by atoms with E-state index in [9.17, 15) is 9.59 Å². The largest absolute Gasteiger partial charge is 0.325 e. The lowest BCUT2D eigenvalue weighted by Crippen LogP contribution is -2.25. The number of amides is 1. The highest BCUT2D eigenvalue weighted by Gasteiger charge is 2.23. The van der Waals surface area contributed by atoms with E-state index in [4.69, 9.17) is 16.6 Å². The van der Waals surface area contributed by atoms with Gasteiger partial charge in [0.1, 0.15) is 0 Å². The number of benzene rings is 2. The van der Waals surface area contributed by atoms with Gasteiger partial charge in [0.05, 0.1) is 22.0 Å². The minimum atomic E-state index is -0.168. The van der Waals surface area contributed by atoms with Crippen LogP contribution < -0.4 is 10.9 Å². The Balaban J connectivity index is 1.63. The van der Waals surface area contributed by atoms with Crippen LogP contribution in [0, 0.1) is 13.8 Å². The predicted molar refractivity (Wildman–Crippen MR) is 125 cm³/mol. The summed E-state index contributed by atoms with van der Waals surface area (Å²) in [6, 6.07) is 13.0. The zero-order valence-electron chi connectivity index (χ0n) is 16.6. The molecule has 1 aliphatic rings. The van der Waals surface area contributed by atoms with E-state index in [1.165, 1.54) is 11.8 Å². The number of anilines is 1. The Labute approximate surface area is 188 Å². The van der Waals surface area contributed by atoms with Crippen molar-refractivity contribution in [3.05, 3.63) is 74.7 Å². The highest BCUT2D eigenvalue weighted by Crippen LogP contribution is 2.30. The van der Waals surface area contributed by atoms with Crippen molar-refractivity contribution in [2.75, 3.05) is 16.8 Å². The molecule has 1 aliphatic heterocycles. The van der Waals surface area contributed by atoms with Crippen molar-refractivity contribution in [1.29, 1.82) is 0 Å². The fraction of sp³-hybridized carbons (Fsp3) is 0.227. The molecule has 1 amide bonds. The van der Waals surface area contributed by atoms with Gasteiger partial charge in [0.15, 0.2) is 5.16 Å². The van der Waals surface area contributed by atoms with Gasteiger partial charge in [-0.25, -0.2) is 4.98 Å². The zero-order valence-corrected chi connectivity index (χ0v) is 19.0. The SMILES string of the molecule is Cc1cc(C)cc(-n2c(SCC(=O)Nc3ccc(Cl)cc3)nc3c(c2=O)SCC3)c1. The summed E-state index contributed by atoms with van der Waals surface area (Å²) in [7, 11) is 0. The Kier molecular flexibility index (Phi) is 6.22. The lowest BCUT2D eigenvalue weighted by molar-refractivity contribution is -0.113. The van der Waals surface area contributed by atoms with Gasteiger partial charge in [-0.2, -0.15) is 0 Å². The summed E-state index contributed by atoms with van der Waals surface area (Å²) in [5.74, 6) is 0.833. The second kappa shape index (κ2) is 8.88. The third kappa shape index (κ3) is 4.58. The first-order valence-corrected chi connectivity index (χ1v) is 11.8. The molecule has 0 aliphatic carbocycles. The average molecular weight is 458 g/mol. The highest BCUT2D eigenvalue weighted by atomic mass is 35.5. The number of carbonyl (C=O) groups excluding carboxylic acids is 1. The first-order valence-electron chi connectivity index (χ1n) is 9.46. The summed E-state index contributed by atoms with van der Waals surface area (Å²) in [4.78, 5) is 31.2. The van der Waals surface area contributed by atoms with Crippen molar-refractivity contribution < 1.29 is 4.79 Å². The van der Waals surface area contributed by atoms with E-state index >= 15 is 0 Å². The fourth-order valence-corrected chi connectivity index (χ4v) is 5.34. The summed E-state index contributed by atoms with van der Waals surface area (Å²) in [5, 5.41) is 4.00. The molecule has 0 bridgehead atoms. The van der Waals surface area contributed by atoms with Gasteiger partial charge in [-0.15, -0.1) is 11.8 Å². The number of fused-ring (bicyclic) bond motifs is 1. The lowest BCUT2D eigenvalue weighted by atomic mass is 10.1. The van der Waals surface area contributed by atoms with Gasteiger partial charge < -0.3 is 5.32 Å². The van der Waals surface area contributed by atoms with Gasteiger partial charge >= 0.3 is 0 Å². The third-order valence-electron chi connectivity index (χ3n) is 4.59. The van der Waals surface area contributed by atoms with Crippen molar-refractivity contribution in [2.45, 2.75) is 30.3 Å². The van der Waals surface area contributed by atoms with Crippen molar-refractivity contribution >= 4 is 46.7 Å². The van der Waals surface area contributed by atoms with Crippen LogP contribution >= 0.6 is 35.1 Å². The maximum Gasteiger partial charge on any atom is 0.272 e. The Hall–Kier alpha value is -2.22. The number of hydrogen-bond donors (Lipinski definition) is 1. The molecule has 1 aromatic heterocycles. The van der Waals surface area contributed by atoms with Gasteiger partial charge in [0, 0.05) is 22.9 Å². The number of aromatic nitrogens is 2.